The summed E-state index contributed by atoms with van der Waals surface area (Å²) in [6.07, 6.45) is 0.391. The lowest BCUT2D eigenvalue weighted by Crippen LogP contribution is -2.44. The van der Waals surface area contributed by atoms with E-state index in [0.717, 1.165) is 0 Å². The summed E-state index contributed by atoms with van der Waals surface area (Å²) in [4.78, 5) is 1.55. The summed E-state index contributed by atoms with van der Waals surface area (Å²) in [5.41, 5.74) is 0. The monoisotopic (exact) mass is 203 g/mol. The summed E-state index contributed by atoms with van der Waals surface area (Å²) in [6, 6.07) is 0. The molecule has 5 nitrogen and oxygen atoms in total. The van der Waals surface area contributed by atoms with Gasteiger partial charge in [-0.3, -0.25) is 10.2 Å². The highest BCUT2D eigenvalue weighted by atomic mass is 16.5. The van der Waals surface area contributed by atoms with Gasteiger partial charge in [0.05, 0.1) is 6.17 Å². The van der Waals surface area contributed by atoms with Crippen LogP contribution in [0.5, 0.6) is 0 Å². The molecule has 0 aromatic rings. The van der Waals surface area contributed by atoms with Crippen LogP contribution < -0.4 is 10.6 Å². The van der Waals surface area contributed by atoms with Crippen LogP contribution in [0.15, 0.2) is 12.8 Å². The predicted molar refractivity (Wildman–Crippen MR) is 56.3 cm³/mol. The Hall–Kier alpha value is -0.620. The molecule has 0 saturated heterocycles. The Labute approximate surface area is 85.4 Å². The maximum absolute atomic E-state index is 8.90. The quantitative estimate of drug-likeness (QED) is 0.391. The molecule has 0 rings (SSSR count). The Morgan fingerprint density at radius 1 is 1.50 bits per heavy atom. The molecular weight excluding hydrogens is 182 g/mol. The van der Waals surface area contributed by atoms with Crippen LogP contribution in [0, 0.1) is 0 Å². The van der Waals surface area contributed by atoms with E-state index in [4.69, 9.17) is 10.2 Å². The highest BCUT2D eigenvalue weighted by molar-refractivity contribution is 4.69. The van der Waals surface area contributed by atoms with Gasteiger partial charge >= 0.3 is 0 Å². The van der Waals surface area contributed by atoms with Gasteiger partial charge in [-0.15, -0.1) is 0 Å². The molecule has 0 aliphatic rings. The third-order valence-corrected chi connectivity index (χ3v) is 1.95. The SMILES string of the molecule is C=CNC(C)NCCN(CC)C(O)O. The van der Waals surface area contributed by atoms with E-state index in [-0.39, 0.29) is 6.17 Å². The zero-order valence-electron chi connectivity index (χ0n) is 8.90. The minimum Gasteiger partial charge on any atom is -0.377 e. The van der Waals surface area contributed by atoms with Gasteiger partial charge in [-0.1, -0.05) is 13.5 Å². The lowest BCUT2D eigenvalue weighted by atomic mass is 10.4. The van der Waals surface area contributed by atoms with Gasteiger partial charge in [0.2, 0.25) is 6.41 Å². The summed E-state index contributed by atoms with van der Waals surface area (Å²) in [5, 5.41) is 23.9. The molecule has 0 radical (unpaired) electrons. The van der Waals surface area contributed by atoms with E-state index in [1.54, 1.807) is 11.1 Å². The number of likely N-dealkylation sites (N-methyl/N-ethyl adjacent to an activating group) is 1. The summed E-state index contributed by atoms with van der Waals surface area (Å²) in [5.74, 6) is 0. The first-order chi connectivity index (χ1) is 6.61. The molecule has 0 bridgehead atoms. The van der Waals surface area contributed by atoms with E-state index < -0.39 is 6.41 Å². The van der Waals surface area contributed by atoms with Crippen molar-refractivity contribution in [2.75, 3.05) is 19.6 Å². The van der Waals surface area contributed by atoms with Gasteiger partial charge in [-0.05, 0) is 13.1 Å². The Morgan fingerprint density at radius 3 is 2.57 bits per heavy atom. The highest BCUT2D eigenvalue weighted by Crippen LogP contribution is 1.90. The van der Waals surface area contributed by atoms with Crippen molar-refractivity contribution in [2.45, 2.75) is 26.4 Å². The average molecular weight is 203 g/mol. The lowest BCUT2D eigenvalue weighted by Gasteiger charge is -2.23. The minimum absolute atomic E-state index is 0.141. The van der Waals surface area contributed by atoms with Gasteiger partial charge in [-0.25, -0.2) is 0 Å². The van der Waals surface area contributed by atoms with Gasteiger partial charge < -0.3 is 15.5 Å². The third-order valence-electron chi connectivity index (χ3n) is 1.95. The molecular formula is C9H21N3O2. The number of nitrogens with zero attached hydrogens (tertiary/aromatic N) is 1. The fraction of sp³-hybridized carbons (Fsp3) is 0.778. The second kappa shape index (κ2) is 7.75. The van der Waals surface area contributed by atoms with Crippen molar-refractivity contribution in [1.29, 1.82) is 0 Å². The van der Waals surface area contributed by atoms with Crippen LogP contribution in [-0.2, 0) is 0 Å². The van der Waals surface area contributed by atoms with Gasteiger partial charge in [0, 0.05) is 19.6 Å². The average Bonchev–Trinajstić information content (AvgIpc) is 2.12. The molecule has 1 unspecified atom stereocenters. The Morgan fingerprint density at radius 2 is 2.14 bits per heavy atom. The van der Waals surface area contributed by atoms with Crippen LogP contribution in [0.1, 0.15) is 13.8 Å². The van der Waals surface area contributed by atoms with Crippen molar-refractivity contribution in [3.8, 4) is 0 Å². The fourth-order valence-corrected chi connectivity index (χ4v) is 1.10. The first kappa shape index (κ1) is 13.4. The first-order valence-corrected chi connectivity index (χ1v) is 4.82. The number of hydrogen-bond donors (Lipinski definition) is 4. The van der Waals surface area contributed by atoms with Crippen molar-refractivity contribution in [2.24, 2.45) is 0 Å². The molecule has 0 amide bonds. The lowest BCUT2D eigenvalue weighted by molar-refractivity contribution is -0.152. The van der Waals surface area contributed by atoms with E-state index in [2.05, 4.69) is 17.2 Å². The molecule has 84 valence electrons. The van der Waals surface area contributed by atoms with E-state index >= 15 is 0 Å². The molecule has 0 aliphatic heterocycles. The summed E-state index contributed by atoms with van der Waals surface area (Å²) in [6.45, 7) is 9.29. The Kier molecular flexibility index (Phi) is 7.41. The number of nitrogens with one attached hydrogen (secondary N) is 2. The molecule has 0 heterocycles. The van der Waals surface area contributed by atoms with E-state index in [1.165, 1.54) is 0 Å². The second-order valence-corrected chi connectivity index (χ2v) is 3.02. The van der Waals surface area contributed by atoms with Gasteiger partial charge in [-0.2, -0.15) is 0 Å². The largest absolute Gasteiger partial charge is 0.377 e. The molecule has 1 atom stereocenters. The van der Waals surface area contributed by atoms with E-state index in [0.29, 0.717) is 19.6 Å². The molecule has 0 aromatic carbocycles. The Balaban J connectivity index is 3.55. The van der Waals surface area contributed by atoms with E-state index in [9.17, 15) is 0 Å². The van der Waals surface area contributed by atoms with Crippen molar-refractivity contribution < 1.29 is 10.2 Å². The standard InChI is InChI=1S/C9H21N3O2/c1-4-10-8(3)11-6-7-12(5-2)9(13)14/h4,8-11,13-14H,1,5-7H2,2-3H3. The van der Waals surface area contributed by atoms with Crippen molar-refractivity contribution in [3.05, 3.63) is 12.8 Å². The van der Waals surface area contributed by atoms with Crippen molar-refractivity contribution in [1.82, 2.24) is 15.5 Å². The predicted octanol–water partition coefficient (Wildman–Crippen LogP) is -0.755. The van der Waals surface area contributed by atoms with Crippen LogP contribution in [0.25, 0.3) is 0 Å². The molecule has 5 heteroatoms. The molecule has 0 spiro atoms. The summed E-state index contributed by atoms with van der Waals surface area (Å²) < 4.78 is 0. The Bertz CT molecular complexity index is 153. The summed E-state index contributed by atoms with van der Waals surface area (Å²) >= 11 is 0. The summed E-state index contributed by atoms with van der Waals surface area (Å²) in [7, 11) is 0. The minimum atomic E-state index is -1.37. The van der Waals surface area contributed by atoms with Crippen LogP contribution in [0.3, 0.4) is 0 Å². The topological polar surface area (TPSA) is 67.8 Å². The highest BCUT2D eigenvalue weighted by Gasteiger charge is 2.09. The molecule has 0 saturated carbocycles. The second-order valence-electron chi connectivity index (χ2n) is 3.02. The zero-order chi connectivity index (χ0) is 11.0. The zero-order valence-corrected chi connectivity index (χ0v) is 8.90. The fourth-order valence-electron chi connectivity index (χ4n) is 1.10. The van der Waals surface area contributed by atoms with Gasteiger partial charge in [0.1, 0.15) is 0 Å². The number of rotatable bonds is 8. The maximum Gasteiger partial charge on any atom is 0.213 e. The van der Waals surface area contributed by atoms with Crippen LogP contribution >= 0.6 is 0 Å². The molecule has 4 N–H and O–H groups in total. The van der Waals surface area contributed by atoms with Crippen molar-refractivity contribution >= 4 is 0 Å². The molecule has 0 fully saturated rings. The van der Waals surface area contributed by atoms with Crippen LogP contribution in [0.4, 0.5) is 0 Å². The van der Waals surface area contributed by atoms with E-state index in [1.807, 2.05) is 13.8 Å². The molecule has 0 aliphatic carbocycles. The smallest absolute Gasteiger partial charge is 0.213 e. The number of aliphatic hydroxyl groups excluding tert-OH is 1. The number of aliphatic hydroxyl groups is 2. The van der Waals surface area contributed by atoms with Crippen molar-refractivity contribution in [3.63, 3.8) is 0 Å². The van der Waals surface area contributed by atoms with Crippen LogP contribution in [-0.4, -0.2) is 47.3 Å². The molecule has 14 heavy (non-hydrogen) atoms. The van der Waals surface area contributed by atoms with Gasteiger partial charge in [0.25, 0.3) is 0 Å². The molecule has 0 aromatic heterocycles. The first-order valence-electron chi connectivity index (χ1n) is 4.82. The van der Waals surface area contributed by atoms with Gasteiger partial charge in [0.15, 0.2) is 0 Å². The maximum atomic E-state index is 8.90. The van der Waals surface area contributed by atoms with Crippen LogP contribution in [0.2, 0.25) is 0 Å². The number of hydrogen-bond acceptors (Lipinski definition) is 5. The normalized spacial score (nSPS) is 13.3. The third kappa shape index (κ3) is 5.93.